The third-order valence-corrected chi connectivity index (χ3v) is 2.56. The zero-order valence-corrected chi connectivity index (χ0v) is 10.1. The van der Waals surface area contributed by atoms with Crippen LogP contribution in [0.5, 0.6) is 0 Å². The zero-order valence-electron chi connectivity index (χ0n) is 9.38. The van der Waals surface area contributed by atoms with Crippen LogP contribution in [0.4, 0.5) is 18.9 Å². The summed E-state index contributed by atoms with van der Waals surface area (Å²) in [5.74, 6) is -1.21. The van der Waals surface area contributed by atoms with Crippen LogP contribution in [0.1, 0.15) is 18.9 Å². The lowest BCUT2D eigenvalue weighted by Crippen LogP contribution is -2.29. The maximum Gasteiger partial charge on any atom is 0.418 e. The quantitative estimate of drug-likeness (QED) is 0.886. The van der Waals surface area contributed by atoms with Gasteiger partial charge in [-0.25, -0.2) is 4.79 Å². The van der Waals surface area contributed by atoms with Crippen molar-refractivity contribution < 1.29 is 23.1 Å². The summed E-state index contributed by atoms with van der Waals surface area (Å²) in [7, 11) is 0. The van der Waals surface area contributed by atoms with Crippen LogP contribution in [0.2, 0.25) is 5.02 Å². The second-order valence-electron chi connectivity index (χ2n) is 3.63. The van der Waals surface area contributed by atoms with E-state index >= 15 is 0 Å². The molecule has 1 aromatic carbocycles. The van der Waals surface area contributed by atoms with Crippen molar-refractivity contribution in [2.75, 3.05) is 5.32 Å². The Morgan fingerprint density at radius 1 is 1.50 bits per heavy atom. The van der Waals surface area contributed by atoms with Crippen LogP contribution in [-0.2, 0) is 11.0 Å². The largest absolute Gasteiger partial charge is 0.480 e. The first-order valence-electron chi connectivity index (χ1n) is 5.11. The van der Waals surface area contributed by atoms with Gasteiger partial charge in [0, 0.05) is 10.7 Å². The van der Waals surface area contributed by atoms with Crippen molar-refractivity contribution in [2.24, 2.45) is 0 Å². The fourth-order valence-electron chi connectivity index (χ4n) is 1.40. The lowest BCUT2D eigenvalue weighted by Gasteiger charge is -2.18. The number of carboxylic acid groups (broad SMARTS) is 1. The lowest BCUT2D eigenvalue weighted by atomic mass is 10.1. The van der Waals surface area contributed by atoms with Crippen molar-refractivity contribution in [3.8, 4) is 0 Å². The molecule has 18 heavy (non-hydrogen) atoms. The van der Waals surface area contributed by atoms with Crippen molar-refractivity contribution in [3.63, 3.8) is 0 Å². The molecule has 0 fully saturated rings. The molecule has 3 nitrogen and oxygen atoms in total. The average Bonchev–Trinajstić information content (AvgIpc) is 2.25. The highest BCUT2D eigenvalue weighted by Gasteiger charge is 2.34. The number of alkyl halides is 3. The van der Waals surface area contributed by atoms with Crippen LogP contribution < -0.4 is 5.32 Å². The third kappa shape index (κ3) is 3.53. The van der Waals surface area contributed by atoms with Crippen LogP contribution in [-0.4, -0.2) is 17.1 Å². The van der Waals surface area contributed by atoms with Gasteiger partial charge in [-0.2, -0.15) is 13.2 Å². The zero-order chi connectivity index (χ0) is 13.9. The molecule has 7 heteroatoms. The van der Waals surface area contributed by atoms with Gasteiger partial charge < -0.3 is 10.4 Å². The molecule has 0 amide bonds. The van der Waals surface area contributed by atoms with Gasteiger partial charge >= 0.3 is 12.1 Å². The van der Waals surface area contributed by atoms with Gasteiger partial charge in [0.1, 0.15) is 6.04 Å². The van der Waals surface area contributed by atoms with Gasteiger partial charge in [0.25, 0.3) is 0 Å². The first kappa shape index (κ1) is 14.6. The molecule has 0 radical (unpaired) electrons. The predicted molar refractivity (Wildman–Crippen MR) is 61.8 cm³/mol. The summed E-state index contributed by atoms with van der Waals surface area (Å²) in [4.78, 5) is 10.8. The molecule has 100 valence electrons. The standard InChI is InChI=1S/C11H11ClF3NO2/c1-2-8(10(17)18)16-9-4-3-6(12)5-7(9)11(13,14)15/h3-5,8,16H,2H2,1H3,(H,17,18). The number of halogens is 4. The number of carbonyl (C=O) groups is 1. The van der Waals surface area contributed by atoms with Gasteiger partial charge in [-0.05, 0) is 24.6 Å². The molecule has 0 heterocycles. The van der Waals surface area contributed by atoms with E-state index in [2.05, 4.69) is 5.32 Å². The van der Waals surface area contributed by atoms with Gasteiger partial charge in [0.2, 0.25) is 0 Å². The number of hydrogen-bond acceptors (Lipinski definition) is 2. The Hall–Kier alpha value is -1.43. The smallest absolute Gasteiger partial charge is 0.418 e. The summed E-state index contributed by atoms with van der Waals surface area (Å²) in [5.41, 5.74) is -1.27. The van der Waals surface area contributed by atoms with Crippen LogP contribution in [0.3, 0.4) is 0 Å². The number of anilines is 1. The van der Waals surface area contributed by atoms with E-state index in [0.717, 1.165) is 12.1 Å². The summed E-state index contributed by atoms with van der Waals surface area (Å²) < 4.78 is 38.2. The molecule has 1 atom stereocenters. The number of benzene rings is 1. The normalized spacial score (nSPS) is 13.2. The van der Waals surface area contributed by atoms with Gasteiger partial charge in [0.05, 0.1) is 5.56 Å². The van der Waals surface area contributed by atoms with Crippen LogP contribution in [0.25, 0.3) is 0 Å². The Morgan fingerprint density at radius 2 is 2.11 bits per heavy atom. The van der Waals surface area contributed by atoms with Crippen LogP contribution >= 0.6 is 11.6 Å². The van der Waals surface area contributed by atoms with E-state index in [4.69, 9.17) is 16.7 Å². The van der Waals surface area contributed by atoms with Gasteiger partial charge in [-0.3, -0.25) is 0 Å². The molecule has 2 N–H and O–H groups in total. The molecule has 1 unspecified atom stereocenters. The Bertz CT molecular complexity index is 448. The van der Waals surface area contributed by atoms with E-state index < -0.39 is 23.8 Å². The van der Waals surface area contributed by atoms with Gasteiger partial charge in [-0.1, -0.05) is 18.5 Å². The molecule has 1 aromatic rings. The van der Waals surface area contributed by atoms with E-state index in [9.17, 15) is 18.0 Å². The van der Waals surface area contributed by atoms with Crippen LogP contribution in [0.15, 0.2) is 18.2 Å². The summed E-state index contributed by atoms with van der Waals surface area (Å²) in [6.45, 7) is 1.56. The second-order valence-corrected chi connectivity index (χ2v) is 4.07. The van der Waals surface area contributed by atoms with E-state index in [1.165, 1.54) is 6.07 Å². The van der Waals surface area contributed by atoms with E-state index in [0.29, 0.717) is 0 Å². The highest BCUT2D eigenvalue weighted by molar-refractivity contribution is 6.30. The minimum atomic E-state index is -4.59. The van der Waals surface area contributed by atoms with Crippen molar-refractivity contribution >= 4 is 23.3 Å². The Balaban J connectivity index is 3.12. The minimum Gasteiger partial charge on any atom is -0.480 e. The lowest BCUT2D eigenvalue weighted by molar-refractivity contribution is -0.139. The van der Waals surface area contributed by atoms with E-state index in [1.54, 1.807) is 6.92 Å². The summed E-state index contributed by atoms with van der Waals surface area (Å²) in [6.07, 6.45) is -4.43. The Morgan fingerprint density at radius 3 is 2.56 bits per heavy atom. The van der Waals surface area contributed by atoms with Crippen molar-refractivity contribution in [3.05, 3.63) is 28.8 Å². The third-order valence-electron chi connectivity index (χ3n) is 2.32. The number of rotatable bonds is 4. The van der Waals surface area contributed by atoms with Crippen molar-refractivity contribution in [1.82, 2.24) is 0 Å². The fourth-order valence-corrected chi connectivity index (χ4v) is 1.58. The molecular weight excluding hydrogens is 271 g/mol. The first-order valence-corrected chi connectivity index (χ1v) is 5.49. The molecule has 0 aromatic heterocycles. The molecule has 0 bridgehead atoms. The summed E-state index contributed by atoms with van der Waals surface area (Å²) >= 11 is 5.51. The summed E-state index contributed by atoms with van der Waals surface area (Å²) in [5, 5.41) is 11.1. The number of aliphatic carboxylic acids is 1. The Kier molecular flexibility index (Phi) is 4.45. The van der Waals surface area contributed by atoms with Crippen molar-refractivity contribution in [2.45, 2.75) is 25.6 Å². The monoisotopic (exact) mass is 281 g/mol. The van der Waals surface area contributed by atoms with Crippen LogP contribution in [0, 0.1) is 0 Å². The number of carboxylic acids is 1. The van der Waals surface area contributed by atoms with Crippen molar-refractivity contribution in [1.29, 1.82) is 0 Å². The predicted octanol–water partition coefficient (Wildman–Crippen LogP) is 3.63. The average molecular weight is 282 g/mol. The second kappa shape index (κ2) is 5.48. The van der Waals surface area contributed by atoms with Gasteiger partial charge in [0.15, 0.2) is 0 Å². The SMILES string of the molecule is CCC(Nc1ccc(Cl)cc1C(F)(F)F)C(=O)O. The molecular formula is C11H11ClF3NO2. The molecule has 1 rings (SSSR count). The minimum absolute atomic E-state index is 0.0590. The molecule has 0 saturated carbocycles. The molecule has 0 aliphatic rings. The topological polar surface area (TPSA) is 49.3 Å². The highest BCUT2D eigenvalue weighted by atomic mass is 35.5. The maximum atomic E-state index is 12.7. The molecule has 0 saturated heterocycles. The fraction of sp³-hybridized carbons (Fsp3) is 0.364. The Labute approximate surface area is 107 Å². The maximum absolute atomic E-state index is 12.7. The molecule has 0 aliphatic carbocycles. The van der Waals surface area contributed by atoms with E-state index in [-0.39, 0.29) is 17.1 Å². The van der Waals surface area contributed by atoms with E-state index in [1.807, 2.05) is 0 Å². The van der Waals surface area contributed by atoms with Gasteiger partial charge in [-0.15, -0.1) is 0 Å². The first-order chi connectivity index (χ1) is 8.25. The summed E-state index contributed by atoms with van der Waals surface area (Å²) in [6, 6.07) is 2.08. The molecule has 0 spiro atoms. The highest BCUT2D eigenvalue weighted by Crippen LogP contribution is 2.36. The number of nitrogens with one attached hydrogen (secondary N) is 1. The molecule has 0 aliphatic heterocycles. The number of hydrogen-bond donors (Lipinski definition) is 2.